The van der Waals surface area contributed by atoms with Gasteiger partial charge in [-0.2, -0.15) is 13.2 Å². The van der Waals surface area contributed by atoms with Crippen molar-refractivity contribution in [1.82, 2.24) is 0 Å². The molecule has 43 heavy (non-hydrogen) atoms. The first-order valence-electron chi connectivity index (χ1n) is 14.8. The van der Waals surface area contributed by atoms with Gasteiger partial charge in [-0.1, -0.05) is 31.5 Å². The number of ether oxygens (including phenoxy) is 7. The molecule has 8 nitrogen and oxygen atoms in total. The van der Waals surface area contributed by atoms with Crippen molar-refractivity contribution in [2.75, 3.05) is 19.8 Å². The van der Waals surface area contributed by atoms with Crippen LogP contribution in [-0.4, -0.2) is 56.3 Å². The lowest BCUT2D eigenvalue weighted by Gasteiger charge is -2.31. The molecular weight excluding hydrogens is 569 g/mol. The first-order chi connectivity index (χ1) is 20.5. The van der Waals surface area contributed by atoms with Gasteiger partial charge in [0.15, 0.2) is 28.8 Å². The van der Waals surface area contributed by atoms with Gasteiger partial charge in [-0.3, -0.25) is 4.79 Å². The van der Waals surface area contributed by atoms with E-state index in [0.29, 0.717) is 19.3 Å². The Hall–Kier alpha value is -3.18. The SMILES string of the molecule is CC1CCOC1=O.CC1COC2(CCCCC2)O1.CC1COc2ccccc2O1.Cc1ccc2c(c1)OC(F)C(F)(F)O2. The maximum absolute atomic E-state index is 12.7. The minimum Gasteiger partial charge on any atom is -0.486 e. The van der Waals surface area contributed by atoms with Gasteiger partial charge < -0.3 is 33.2 Å². The number of para-hydroxylation sites is 2. The zero-order valence-electron chi connectivity index (χ0n) is 25.1. The molecule has 1 spiro atoms. The lowest BCUT2D eigenvalue weighted by Crippen LogP contribution is -2.43. The minimum atomic E-state index is -3.91. The average molecular weight is 611 g/mol. The summed E-state index contributed by atoms with van der Waals surface area (Å²) in [5, 5.41) is 0. The summed E-state index contributed by atoms with van der Waals surface area (Å²) >= 11 is 0. The highest BCUT2D eigenvalue weighted by molar-refractivity contribution is 5.73. The van der Waals surface area contributed by atoms with Crippen molar-refractivity contribution < 1.29 is 51.1 Å². The molecule has 0 amide bonds. The van der Waals surface area contributed by atoms with Crippen LogP contribution >= 0.6 is 0 Å². The summed E-state index contributed by atoms with van der Waals surface area (Å²) in [5.41, 5.74) is 0.782. The molecule has 5 aliphatic rings. The summed E-state index contributed by atoms with van der Waals surface area (Å²) in [7, 11) is 0. The van der Waals surface area contributed by atoms with Gasteiger partial charge in [-0.05, 0) is 69.9 Å². The Morgan fingerprint density at radius 1 is 0.814 bits per heavy atom. The molecule has 0 bridgehead atoms. The van der Waals surface area contributed by atoms with Gasteiger partial charge in [-0.25, -0.2) is 0 Å². The van der Waals surface area contributed by atoms with E-state index in [2.05, 4.69) is 21.1 Å². The number of alkyl halides is 3. The maximum atomic E-state index is 12.7. The largest absolute Gasteiger partial charge is 0.486 e. The zero-order valence-corrected chi connectivity index (χ0v) is 25.1. The van der Waals surface area contributed by atoms with E-state index in [0.717, 1.165) is 42.9 Å². The number of cyclic esters (lactones) is 1. The summed E-state index contributed by atoms with van der Waals surface area (Å²) in [5.74, 6) is 1.52. The number of hydrogen-bond acceptors (Lipinski definition) is 8. The van der Waals surface area contributed by atoms with E-state index in [1.807, 2.05) is 38.1 Å². The summed E-state index contributed by atoms with van der Waals surface area (Å²) in [6.07, 6.45) is 0.827. The van der Waals surface area contributed by atoms with Crippen molar-refractivity contribution in [3.05, 3.63) is 48.0 Å². The van der Waals surface area contributed by atoms with Crippen molar-refractivity contribution in [1.29, 1.82) is 0 Å². The second-order valence-electron chi connectivity index (χ2n) is 11.3. The van der Waals surface area contributed by atoms with Crippen LogP contribution in [0.1, 0.15) is 64.9 Å². The standard InChI is InChI=1S/C9H7F3O2.C9H10O2.C9H16O2.C5H8O2/c1-5-2-3-6-7(4-5)13-8(10)9(11,12)14-6;1-7-6-10-8-4-2-3-5-9(8)11-7;1-8-7-10-9(11-8)5-3-2-4-6-9;1-4-2-3-7-5(4)6/h2-4,8H,1H3;2-5,7H,6H2,1H3;8H,2-7H2,1H3;4H,2-3H2,1H3. The summed E-state index contributed by atoms with van der Waals surface area (Å²) in [6.45, 7) is 9.77. The van der Waals surface area contributed by atoms with E-state index >= 15 is 0 Å². The number of benzene rings is 2. The molecule has 2 aromatic carbocycles. The lowest BCUT2D eigenvalue weighted by atomic mass is 9.94. The third-order valence-corrected chi connectivity index (χ3v) is 7.30. The third kappa shape index (κ3) is 9.15. The molecule has 0 radical (unpaired) electrons. The van der Waals surface area contributed by atoms with E-state index in [-0.39, 0.29) is 35.3 Å². The van der Waals surface area contributed by atoms with Gasteiger partial charge in [0.1, 0.15) is 12.7 Å². The van der Waals surface area contributed by atoms with Crippen LogP contribution in [0.5, 0.6) is 23.0 Å². The van der Waals surface area contributed by atoms with Crippen LogP contribution in [0.2, 0.25) is 0 Å². The van der Waals surface area contributed by atoms with E-state index in [1.165, 1.54) is 31.4 Å². The second kappa shape index (κ2) is 14.5. The van der Waals surface area contributed by atoms with Crippen LogP contribution < -0.4 is 18.9 Å². The molecule has 4 unspecified atom stereocenters. The molecule has 1 saturated carbocycles. The fraction of sp³-hybridized carbons (Fsp3) is 0.594. The highest BCUT2D eigenvalue weighted by Crippen LogP contribution is 2.41. The van der Waals surface area contributed by atoms with Gasteiger partial charge in [0, 0.05) is 12.8 Å². The smallest absolute Gasteiger partial charge is 0.468 e. The number of halogens is 3. The Morgan fingerprint density at radius 3 is 2.14 bits per heavy atom. The van der Waals surface area contributed by atoms with Gasteiger partial charge in [0.25, 0.3) is 0 Å². The van der Waals surface area contributed by atoms with Crippen LogP contribution in [-0.2, 0) is 19.0 Å². The monoisotopic (exact) mass is 610 g/mol. The number of hydrogen-bond donors (Lipinski definition) is 0. The van der Waals surface area contributed by atoms with E-state index in [4.69, 9.17) is 18.9 Å². The average Bonchev–Trinajstić information content (AvgIpc) is 3.53. The lowest BCUT2D eigenvalue weighted by molar-refractivity contribution is -0.281. The van der Waals surface area contributed by atoms with Gasteiger partial charge >= 0.3 is 18.4 Å². The Bertz CT molecular complexity index is 1200. The summed E-state index contributed by atoms with van der Waals surface area (Å²) in [4.78, 5) is 10.4. The number of fused-ring (bicyclic) bond motifs is 2. The molecule has 4 heterocycles. The number of carbonyl (C=O) groups excluding carboxylic acids is 1. The number of carbonyl (C=O) groups is 1. The summed E-state index contributed by atoms with van der Waals surface area (Å²) < 4.78 is 73.5. The molecule has 4 aliphatic heterocycles. The minimum absolute atomic E-state index is 0.00317. The molecule has 11 heteroatoms. The molecular formula is C32H41F3O8. The summed E-state index contributed by atoms with van der Waals surface area (Å²) in [6, 6.07) is 12.1. The van der Waals surface area contributed by atoms with Gasteiger partial charge in [0.2, 0.25) is 0 Å². The highest BCUT2D eigenvalue weighted by Gasteiger charge is 2.49. The van der Waals surface area contributed by atoms with Crippen LogP contribution in [0.3, 0.4) is 0 Å². The fourth-order valence-electron chi connectivity index (χ4n) is 4.94. The molecule has 2 aromatic rings. The van der Waals surface area contributed by atoms with Crippen molar-refractivity contribution >= 4 is 5.97 Å². The van der Waals surface area contributed by atoms with Crippen LogP contribution in [0.4, 0.5) is 13.2 Å². The predicted octanol–water partition coefficient (Wildman–Crippen LogP) is 7.15. The molecule has 238 valence electrons. The van der Waals surface area contributed by atoms with Crippen molar-refractivity contribution in [2.24, 2.45) is 5.92 Å². The van der Waals surface area contributed by atoms with Crippen molar-refractivity contribution in [3.8, 4) is 23.0 Å². The number of aryl methyl sites for hydroxylation is 1. The molecule has 0 N–H and O–H groups in total. The Labute approximate surface area is 250 Å². The van der Waals surface area contributed by atoms with E-state index in [9.17, 15) is 18.0 Å². The fourth-order valence-corrected chi connectivity index (χ4v) is 4.94. The number of rotatable bonds is 0. The molecule has 0 aromatic heterocycles. The van der Waals surface area contributed by atoms with Crippen molar-refractivity contribution in [3.63, 3.8) is 0 Å². The van der Waals surface area contributed by atoms with Crippen LogP contribution in [0, 0.1) is 12.8 Å². The Kier molecular flexibility index (Phi) is 11.1. The highest BCUT2D eigenvalue weighted by atomic mass is 19.3. The quantitative estimate of drug-likeness (QED) is 0.291. The molecule has 1 aliphatic carbocycles. The van der Waals surface area contributed by atoms with E-state index < -0.39 is 12.5 Å². The Balaban J connectivity index is 0.000000134. The van der Waals surface area contributed by atoms with Crippen LogP contribution in [0.15, 0.2) is 42.5 Å². The molecule has 7 rings (SSSR count). The maximum Gasteiger partial charge on any atom is 0.468 e. The van der Waals surface area contributed by atoms with E-state index in [1.54, 1.807) is 13.0 Å². The predicted molar refractivity (Wildman–Crippen MR) is 151 cm³/mol. The zero-order chi connectivity index (χ0) is 31.0. The normalized spacial score (nSPS) is 27.3. The molecule has 4 atom stereocenters. The first-order valence-corrected chi connectivity index (χ1v) is 14.8. The molecule has 3 fully saturated rings. The van der Waals surface area contributed by atoms with Gasteiger partial charge in [0.05, 0.1) is 25.2 Å². The van der Waals surface area contributed by atoms with Crippen LogP contribution in [0.25, 0.3) is 0 Å². The first kappa shape index (κ1) is 32.7. The Morgan fingerprint density at radius 2 is 1.53 bits per heavy atom. The second-order valence-corrected chi connectivity index (χ2v) is 11.3. The molecule has 2 saturated heterocycles. The number of esters is 1. The van der Waals surface area contributed by atoms with Crippen molar-refractivity contribution in [2.45, 2.75) is 96.7 Å². The third-order valence-electron chi connectivity index (χ3n) is 7.30. The topological polar surface area (TPSA) is 81.7 Å². The van der Waals surface area contributed by atoms with Gasteiger partial charge in [-0.15, -0.1) is 0 Å².